The van der Waals surface area contributed by atoms with Crippen LogP contribution in [0, 0.1) is 0 Å². The lowest BCUT2D eigenvalue weighted by Gasteiger charge is -2.29. The number of hydrogen-bond donors (Lipinski definition) is 2. The van der Waals surface area contributed by atoms with Gasteiger partial charge in [-0.1, -0.05) is 117 Å². The van der Waals surface area contributed by atoms with Crippen LogP contribution in [0.5, 0.6) is 0 Å². The van der Waals surface area contributed by atoms with E-state index in [9.17, 15) is 9.59 Å². The van der Waals surface area contributed by atoms with E-state index in [1.165, 1.54) is 128 Å². The molecule has 0 aromatic rings. The molecule has 0 aromatic carbocycles. The summed E-state index contributed by atoms with van der Waals surface area (Å²) in [6, 6.07) is 0. The molecule has 0 fully saturated rings. The number of thioether (sulfide) groups is 1. The van der Waals surface area contributed by atoms with E-state index in [4.69, 9.17) is 0 Å². The van der Waals surface area contributed by atoms with Gasteiger partial charge in [0.05, 0.1) is 41.3 Å². The van der Waals surface area contributed by atoms with Gasteiger partial charge in [-0.3, -0.25) is 9.59 Å². The molecule has 0 atom stereocenters. The van der Waals surface area contributed by atoms with Crippen molar-refractivity contribution >= 4 is 23.6 Å². The summed E-state index contributed by atoms with van der Waals surface area (Å²) in [6.45, 7) is 9.15. The maximum absolute atomic E-state index is 12.4. The maximum Gasteiger partial charge on any atom is 0.275 e. The third kappa shape index (κ3) is 31.0. The number of nitrogens with one attached hydrogen (secondary N) is 2. The van der Waals surface area contributed by atoms with Crippen LogP contribution in [0.2, 0.25) is 0 Å². The van der Waals surface area contributed by atoms with Crippen LogP contribution < -0.4 is 10.6 Å². The van der Waals surface area contributed by atoms with E-state index in [-0.39, 0.29) is 11.8 Å². The maximum atomic E-state index is 12.4. The topological polar surface area (TPSA) is 58.2 Å². The second kappa shape index (κ2) is 28.7. The predicted octanol–water partition coefficient (Wildman–Crippen LogP) is 7.95. The molecule has 0 bridgehead atoms. The molecule has 0 aliphatic rings. The minimum atomic E-state index is 0.147. The number of amides is 2. The number of hydrogen-bond acceptors (Lipinski definition) is 3. The van der Waals surface area contributed by atoms with Crippen LogP contribution in [-0.2, 0) is 9.59 Å². The Morgan fingerprint density at radius 2 is 0.744 bits per heavy atom. The van der Waals surface area contributed by atoms with Gasteiger partial charge < -0.3 is 19.6 Å². The summed E-state index contributed by atoms with van der Waals surface area (Å²) < 4.78 is 1.52. The normalized spacial score (nSPS) is 12.0. The Balaban J connectivity index is 3.69. The van der Waals surface area contributed by atoms with Gasteiger partial charge in [0, 0.05) is 24.6 Å². The molecule has 0 rings (SSSR count). The van der Waals surface area contributed by atoms with E-state index in [0.717, 1.165) is 33.6 Å². The van der Waals surface area contributed by atoms with Gasteiger partial charge in [-0.05, 0) is 25.7 Å². The molecule has 0 spiro atoms. The van der Waals surface area contributed by atoms with Crippen molar-refractivity contribution in [2.24, 2.45) is 0 Å². The summed E-state index contributed by atoms with van der Waals surface area (Å²) >= 11 is 1.79. The number of quaternary nitrogens is 2. The molecule has 43 heavy (non-hydrogen) atoms. The zero-order valence-electron chi connectivity index (χ0n) is 29.9. The van der Waals surface area contributed by atoms with Gasteiger partial charge in [0.25, 0.3) is 11.8 Å². The van der Waals surface area contributed by atoms with Gasteiger partial charge in [-0.25, -0.2) is 0 Å². The van der Waals surface area contributed by atoms with E-state index >= 15 is 0 Å². The molecular formula is C36H76N4O2S+2. The van der Waals surface area contributed by atoms with E-state index in [2.05, 4.69) is 52.7 Å². The van der Waals surface area contributed by atoms with E-state index in [0.29, 0.717) is 26.2 Å². The quantitative estimate of drug-likeness (QED) is 0.0587. The summed E-state index contributed by atoms with van der Waals surface area (Å²) in [5.41, 5.74) is 0. The molecule has 7 heteroatoms. The highest BCUT2D eigenvalue weighted by atomic mass is 32.2. The largest absolute Gasteiger partial charge is 0.350 e. The lowest BCUT2D eigenvalue weighted by molar-refractivity contribution is -0.882. The Bertz CT molecular complexity index is 603. The molecule has 2 N–H and O–H groups in total. The first-order valence-corrected chi connectivity index (χ1v) is 19.5. The van der Waals surface area contributed by atoms with Crippen LogP contribution in [0.4, 0.5) is 0 Å². The first kappa shape index (κ1) is 42.2. The molecule has 0 heterocycles. The Morgan fingerprint density at radius 3 is 1.05 bits per heavy atom. The third-order valence-corrected chi connectivity index (χ3v) is 9.50. The van der Waals surface area contributed by atoms with Gasteiger partial charge in [0.15, 0.2) is 13.1 Å². The molecule has 0 saturated heterocycles. The van der Waals surface area contributed by atoms with E-state index < -0.39 is 0 Å². The molecule has 0 aliphatic heterocycles. The van der Waals surface area contributed by atoms with Crippen molar-refractivity contribution in [2.75, 3.05) is 79.0 Å². The van der Waals surface area contributed by atoms with Crippen LogP contribution in [0.25, 0.3) is 0 Å². The number of rotatable bonds is 32. The zero-order chi connectivity index (χ0) is 32.1. The summed E-state index contributed by atoms with van der Waals surface area (Å²) in [4.78, 5) is 24.9. The fraction of sp³-hybridized carbons (Fsp3) is 0.944. The third-order valence-electron chi connectivity index (χ3n) is 8.51. The zero-order valence-corrected chi connectivity index (χ0v) is 30.7. The molecule has 0 radical (unpaired) electrons. The smallest absolute Gasteiger partial charge is 0.275 e. The molecule has 0 aliphatic carbocycles. The summed E-state index contributed by atoms with van der Waals surface area (Å²) in [5, 5.41) is 6.18. The lowest BCUT2D eigenvalue weighted by atomic mass is 10.1. The van der Waals surface area contributed by atoms with Crippen molar-refractivity contribution in [2.45, 2.75) is 142 Å². The van der Waals surface area contributed by atoms with Crippen LogP contribution in [-0.4, -0.2) is 99.7 Å². The van der Waals surface area contributed by atoms with Crippen molar-refractivity contribution in [3.63, 3.8) is 0 Å². The molecule has 6 nitrogen and oxygen atoms in total. The first-order valence-electron chi connectivity index (χ1n) is 18.4. The summed E-state index contributed by atoms with van der Waals surface area (Å²) in [5.74, 6) is 2.06. The molecule has 0 unspecified atom stereocenters. The number of unbranched alkanes of at least 4 members (excludes halogenated alkanes) is 18. The molecule has 0 aromatic heterocycles. The Hall–Kier alpha value is -0.790. The summed E-state index contributed by atoms with van der Waals surface area (Å²) in [6.07, 6.45) is 26.9. The van der Waals surface area contributed by atoms with Gasteiger partial charge in [-0.2, -0.15) is 11.8 Å². The highest BCUT2D eigenvalue weighted by molar-refractivity contribution is 7.99. The second-order valence-corrected chi connectivity index (χ2v) is 15.5. The van der Waals surface area contributed by atoms with E-state index in [1.807, 2.05) is 0 Å². The van der Waals surface area contributed by atoms with Crippen LogP contribution in [0.3, 0.4) is 0 Å². The van der Waals surface area contributed by atoms with Gasteiger partial charge in [-0.15, -0.1) is 0 Å². The molecule has 0 saturated carbocycles. The lowest BCUT2D eigenvalue weighted by Crippen LogP contribution is -2.48. The van der Waals surface area contributed by atoms with Crippen LogP contribution in [0.1, 0.15) is 142 Å². The predicted molar refractivity (Wildman–Crippen MR) is 191 cm³/mol. The number of carbonyl (C=O) groups excluding carboxylic acids is 2. The van der Waals surface area contributed by atoms with E-state index in [1.54, 1.807) is 11.8 Å². The van der Waals surface area contributed by atoms with Crippen molar-refractivity contribution in [3.8, 4) is 0 Å². The second-order valence-electron chi connectivity index (χ2n) is 14.3. The number of carbonyl (C=O) groups is 2. The standard InChI is InChI=1S/C36H74N4O2S/c1-7-9-11-13-15-17-19-21-23-25-29-39(3,4)33-35(41)37-27-31-43-32-28-38-36(42)34-40(5,6)30-26-24-22-20-18-16-14-12-10-8-2/h7-34H2,1-6H3/p+2. The van der Waals surface area contributed by atoms with Gasteiger partial charge >= 0.3 is 0 Å². The monoisotopic (exact) mass is 629 g/mol. The van der Waals surface area contributed by atoms with Crippen molar-refractivity contribution in [1.82, 2.24) is 10.6 Å². The SMILES string of the molecule is CCCCCCCCCCCC[N+](C)(C)CC(=O)NCCSCCNC(=O)C[N+](C)(C)CCCCCCCCCCCC. The van der Waals surface area contributed by atoms with Crippen molar-refractivity contribution in [1.29, 1.82) is 0 Å². The Labute approximate surface area is 273 Å². The fourth-order valence-corrected chi connectivity index (χ4v) is 6.43. The Kier molecular flexibility index (Phi) is 28.1. The van der Waals surface area contributed by atoms with Crippen molar-refractivity contribution < 1.29 is 18.6 Å². The highest BCUT2D eigenvalue weighted by Crippen LogP contribution is 2.13. The van der Waals surface area contributed by atoms with Gasteiger partial charge in [0.2, 0.25) is 0 Å². The minimum Gasteiger partial charge on any atom is -0.350 e. The van der Waals surface area contributed by atoms with Crippen LogP contribution >= 0.6 is 11.8 Å². The number of likely N-dealkylation sites (N-methyl/N-ethyl adjacent to an activating group) is 2. The van der Waals surface area contributed by atoms with Crippen molar-refractivity contribution in [3.05, 3.63) is 0 Å². The minimum absolute atomic E-state index is 0.147. The molecular weight excluding hydrogens is 552 g/mol. The average molecular weight is 629 g/mol. The van der Waals surface area contributed by atoms with Crippen LogP contribution in [0.15, 0.2) is 0 Å². The number of nitrogens with zero attached hydrogens (tertiary/aromatic N) is 2. The molecule has 2 amide bonds. The Morgan fingerprint density at radius 1 is 0.465 bits per heavy atom. The van der Waals surface area contributed by atoms with Gasteiger partial charge in [0.1, 0.15) is 0 Å². The fourth-order valence-electron chi connectivity index (χ4n) is 5.73. The highest BCUT2D eigenvalue weighted by Gasteiger charge is 2.20. The molecule has 256 valence electrons. The average Bonchev–Trinajstić information content (AvgIpc) is 2.94. The summed E-state index contributed by atoms with van der Waals surface area (Å²) in [7, 11) is 8.67. The first-order chi connectivity index (χ1) is 20.6.